The van der Waals surface area contributed by atoms with Crippen LogP contribution in [-0.2, 0) is 21.0 Å². The maximum absolute atomic E-state index is 5.81. The molecule has 0 spiro atoms. The highest BCUT2D eigenvalue weighted by atomic mass is 17.2. The molecule has 4 rings (SSSR count). The van der Waals surface area contributed by atoms with Gasteiger partial charge in [0, 0.05) is 0 Å². The summed E-state index contributed by atoms with van der Waals surface area (Å²) in [6, 6.07) is 6.65. The fourth-order valence-electron chi connectivity index (χ4n) is 3.20. The molecule has 92 valence electrons. The molecule has 1 aliphatic carbocycles. The lowest BCUT2D eigenvalue weighted by atomic mass is 9.66. The smallest absolute Gasteiger partial charge is 0.131 e. The molecule has 0 aromatic heterocycles. The largest absolute Gasteiger partial charge is 0.225 e. The maximum atomic E-state index is 5.81. The second kappa shape index (κ2) is 3.33. The third-order valence-corrected chi connectivity index (χ3v) is 4.48. The lowest BCUT2D eigenvalue weighted by Gasteiger charge is -2.53. The Bertz CT molecular complexity index is 454. The Balaban J connectivity index is 2.26. The average Bonchev–Trinajstić information content (AvgIpc) is 2.29. The van der Waals surface area contributed by atoms with E-state index in [1.54, 1.807) is 0 Å². The van der Waals surface area contributed by atoms with E-state index in [4.69, 9.17) is 9.78 Å². The lowest BCUT2D eigenvalue weighted by Crippen LogP contribution is -2.52. The van der Waals surface area contributed by atoms with Gasteiger partial charge in [-0.2, -0.15) is 0 Å². The Morgan fingerprint density at radius 1 is 1.12 bits per heavy atom. The molecule has 3 aliphatic rings. The summed E-state index contributed by atoms with van der Waals surface area (Å²) in [4.78, 5) is 11.5. The van der Waals surface area contributed by atoms with Crippen molar-refractivity contribution in [2.24, 2.45) is 5.92 Å². The zero-order valence-corrected chi connectivity index (χ0v) is 11.0. The van der Waals surface area contributed by atoms with Gasteiger partial charge < -0.3 is 0 Å². The molecule has 17 heavy (non-hydrogen) atoms. The molecule has 0 amide bonds. The number of benzene rings is 1. The Kier molecular flexibility index (Phi) is 2.20. The van der Waals surface area contributed by atoms with E-state index in [2.05, 4.69) is 45.9 Å². The number of aryl methyl sites for hydroxylation is 1. The van der Waals surface area contributed by atoms with E-state index in [1.165, 1.54) is 16.7 Å². The van der Waals surface area contributed by atoms with E-state index in [0.717, 1.165) is 12.8 Å². The van der Waals surface area contributed by atoms with Crippen molar-refractivity contribution < 1.29 is 9.78 Å². The lowest BCUT2D eigenvalue weighted by molar-refractivity contribution is -0.467. The van der Waals surface area contributed by atoms with Crippen molar-refractivity contribution in [3.63, 3.8) is 0 Å². The van der Waals surface area contributed by atoms with Crippen molar-refractivity contribution in [3.05, 3.63) is 34.9 Å². The van der Waals surface area contributed by atoms with Crippen molar-refractivity contribution in [1.29, 1.82) is 0 Å². The van der Waals surface area contributed by atoms with Gasteiger partial charge in [0.25, 0.3) is 0 Å². The Morgan fingerprint density at radius 2 is 1.88 bits per heavy atom. The summed E-state index contributed by atoms with van der Waals surface area (Å²) in [6.45, 7) is 8.69. The van der Waals surface area contributed by atoms with Gasteiger partial charge in [-0.3, -0.25) is 0 Å². The van der Waals surface area contributed by atoms with Crippen molar-refractivity contribution in [1.82, 2.24) is 0 Å². The van der Waals surface area contributed by atoms with E-state index >= 15 is 0 Å². The van der Waals surface area contributed by atoms with Crippen LogP contribution in [0.15, 0.2) is 18.2 Å². The zero-order chi connectivity index (χ0) is 12.3. The molecule has 2 heterocycles. The molecule has 2 atom stereocenters. The highest BCUT2D eigenvalue weighted by molar-refractivity contribution is 5.43. The molecule has 2 unspecified atom stereocenters. The molecule has 2 aliphatic heterocycles. The number of hydrogen-bond acceptors (Lipinski definition) is 2. The van der Waals surface area contributed by atoms with Crippen LogP contribution >= 0.6 is 0 Å². The number of fused-ring (bicyclic) bond motifs is 2. The predicted octanol–water partition coefficient (Wildman–Crippen LogP) is 3.82. The van der Waals surface area contributed by atoms with Gasteiger partial charge in [0.15, 0.2) is 0 Å². The molecule has 1 saturated heterocycles. The second-order valence-corrected chi connectivity index (χ2v) is 5.99. The van der Waals surface area contributed by atoms with Gasteiger partial charge in [0.2, 0.25) is 0 Å². The number of rotatable bonds is 1. The molecular weight excluding hydrogens is 212 g/mol. The molecule has 2 bridgehead atoms. The van der Waals surface area contributed by atoms with Crippen LogP contribution in [0.1, 0.15) is 50.3 Å². The monoisotopic (exact) mass is 232 g/mol. The summed E-state index contributed by atoms with van der Waals surface area (Å²) in [5.41, 5.74) is 3.46. The van der Waals surface area contributed by atoms with Crippen LogP contribution in [0.25, 0.3) is 0 Å². The highest BCUT2D eigenvalue weighted by Crippen LogP contribution is 2.56. The third kappa shape index (κ3) is 1.34. The molecule has 2 nitrogen and oxygen atoms in total. The standard InChI is InChI=1S/C15H20O2/c1-10(2)15-8-7-14(4,16-17-15)12-6-5-11(3)9-13(12)15/h5-6,9-10H,7-8H2,1-4H3. The van der Waals surface area contributed by atoms with E-state index in [9.17, 15) is 0 Å². The predicted molar refractivity (Wildman–Crippen MR) is 66.5 cm³/mol. The molecule has 0 radical (unpaired) electrons. The summed E-state index contributed by atoms with van der Waals surface area (Å²) < 4.78 is 0. The average molecular weight is 232 g/mol. The van der Waals surface area contributed by atoms with E-state index in [1.807, 2.05) is 0 Å². The Morgan fingerprint density at radius 3 is 2.47 bits per heavy atom. The first-order valence-corrected chi connectivity index (χ1v) is 6.46. The minimum absolute atomic E-state index is 0.237. The SMILES string of the molecule is Cc1ccc2c(c1)C1(C(C)C)CCC2(C)OO1. The van der Waals surface area contributed by atoms with Crippen LogP contribution in [0, 0.1) is 12.8 Å². The molecule has 1 aromatic carbocycles. The third-order valence-electron chi connectivity index (χ3n) is 4.48. The summed E-state index contributed by atoms with van der Waals surface area (Å²) in [5.74, 6) is 0.424. The zero-order valence-electron chi connectivity index (χ0n) is 11.0. The molecule has 1 aromatic rings. The molecular formula is C15H20O2. The first-order valence-electron chi connectivity index (χ1n) is 6.46. The van der Waals surface area contributed by atoms with Crippen LogP contribution < -0.4 is 0 Å². The first kappa shape index (κ1) is 11.2. The van der Waals surface area contributed by atoms with Crippen LogP contribution in [0.4, 0.5) is 0 Å². The normalized spacial score (nSPS) is 35.1. The van der Waals surface area contributed by atoms with Crippen LogP contribution in [0.2, 0.25) is 0 Å². The van der Waals surface area contributed by atoms with Crippen LogP contribution in [0.5, 0.6) is 0 Å². The van der Waals surface area contributed by atoms with Gasteiger partial charge in [-0.15, -0.1) is 0 Å². The van der Waals surface area contributed by atoms with Crippen molar-refractivity contribution >= 4 is 0 Å². The van der Waals surface area contributed by atoms with Gasteiger partial charge in [0.1, 0.15) is 11.2 Å². The molecule has 0 saturated carbocycles. The summed E-state index contributed by atoms with van der Waals surface area (Å²) in [5, 5.41) is 0. The topological polar surface area (TPSA) is 18.5 Å². The Hall–Kier alpha value is -0.860. The van der Waals surface area contributed by atoms with Gasteiger partial charge in [-0.1, -0.05) is 37.6 Å². The second-order valence-electron chi connectivity index (χ2n) is 5.99. The van der Waals surface area contributed by atoms with E-state index in [-0.39, 0.29) is 11.2 Å². The minimum Gasteiger partial charge on any atom is -0.225 e. The van der Waals surface area contributed by atoms with Gasteiger partial charge >= 0.3 is 0 Å². The maximum Gasteiger partial charge on any atom is 0.131 e. The minimum atomic E-state index is -0.250. The quantitative estimate of drug-likeness (QED) is 0.685. The fourth-order valence-corrected chi connectivity index (χ4v) is 3.20. The first-order chi connectivity index (χ1) is 7.98. The Labute approximate surface area is 103 Å². The van der Waals surface area contributed by atoms with Crippen molar-refractivity contribution in [2.75, 3.05) is 0 Å². The van der Waals surface area contributed by atoms with Crippen LogP contribution in [-0.4, -0.2) is 0 Å². The highest BCUT2D eigenvalue weighted by Gasteiger charge is 2.54. The van der Waals surface area contributed by atoms with Gasteiger partial charge in [-0.25, -0.2) is 9.78 Å². The van der Waals surface area contributed by atoms with Gasteiger partial charge in [0.05, 0.1) is 0 Å². The van der Waals surface area contributed by atoms with Gasteiger partial charge in [-0.05, 0) is 43.7 Å². The van der Waals surface area contributed by atoms with Crippen LogP contribution in [0.3, 0.4) is 0 Å². The molecule has 0 N–H and O–H groups in total. The molecule has 2 heteroatoms. The van der Waals surface area contributed by atoms with E-state index < -0.39 is 0 Å². The number of hydrogen-bond donors (Lipinski definition) is 0. The van der Waals surface area contributed by atoms with Crippen molar-refractivity contribution in [3.8, 4) is 0 Å². The summed E-state index contributed by atoms with van der Waals surface area (Å²) in [6.07, 6.45) is 2.10. The summed E-state index contributed by atoms with van der Waals surface area (Å²) >= 11 is 0. The van der Waals surface area contributed by atoms with E-state index in [0.29, 0.717) is 5.92 Å². The molecule has 1 fully saturated rings. The summed E-state index contributed by atoms with van der Waals surface area (Å²) in [7, 11) is 0. The van der Waals surface area contributed by atoms with Crippen molar-refractivity contribution in [2.45, 2.75) is 51.7 Å². The fraction of sp³-hybridized carbons (Fsp3) is 0.600.